The number of nitrogens with two attached hydrogens (primary N) is 1. The van der Waals surface area contributed by atoms with Crippen LogP contribution in [-0.4, -0.2) is 46.3 Å². The van der Waals surface area contributed by atoms with E-state index < -0.39 is 12.5 Å². The smallest absolute Gasteiger partial charge is 0.387 e. The quantitative estimate of drug-likeness (QED) is 0.314. The first-order valence-corrected chi connectivity index (χ1v) is 8.94. The highest BCUT2D eigenvalue weighted by Gasteiger charge is 2.13. The Labute approximate surface area is 177 Å². The van der Waals surface area contributed by atoms with Crippen molar-refractivity contribution >= 4 is 11.7 Å². The van der Waals surface area contributed by atoms with E-state index in [1.54, 1.807) is 18.2 Å². The summed E-state index contributed by atoms with van der Waals surface area (Å²) in [5.74, 6) is 0.520. The first kappa shape index (κ1) is 23.5. The first-order valence-electron chi connectivity index (χ1n) is 8.94. The van der Waals surface area contributed by atoms with Crippen molar-refractivity contribution in [3.8, 4) is 23.0 Å². The third-order valence-electron chi connectivity index (χ3n) is 3.97. The monoisotopic (exact) mass is 439 g/mol. The van der Waals surface area contributed by atoms with Crippen LogP contribution in [0.3, 0.4) is 0 Å². The van der Waals surface area contributed by atoms with E-state index in [9.17, 15) is 13.6 Å². The van der Waals surface area contributed by atoms with Crippen LogP contribution in [0.2, 0.25) is 0 Å². The second-order valence-corrected chi connectivity index (χ2v) is 5.96. The lowest BCUT2D eigenvalue weighted by Gasteiger charge is -2.11. The minimum absolute atomic E-state index is 0.0450. The van der Waals surface area contributed by atoms with Gasteiger partial charge in [0.05, 0.1) is 21.3 Å². The number of methoxy groups -OCH3 is 3. The van der Waals surface area contributed by atoms with Gasteiger partial charge in [-0.15, -0.1) is 0 Å². The number of hydrogen-bond acceptors (Lipinski definition) is 7. The number of amides is 1. The van der Waals surface area contributed by atoms with Crippen LogP contribution >= 0.6 is 0 Å². The van der Waals surface area contributed by atoms with Gasteiger partial charge >= 0.3 is 6.61 Å². The third-order valence-corrected chi connectivity index (χ3v) is 3.97. The lowest BCUT2D eigenvalue weighted by atomic mass is 10.2. The van der Waals surface area contributed by atoms with Crippen molar-refractivity contribution in [3.63, 3.8) is 0 Å². The predicted molar refractivity (Wildman–Crippen MR) is 108 cm³/mol. The summed E-state index contributed by atoms with van der Waals surface area (Å²) in [5, 5.41) is 6.33. The van der Waals surface area contributed by atoms with Crippen LogP contribution in [0, 0.1) is 0 Å². The molecule has 2 aromatic rings. The van der Waals surface area contributed by atoms with Gasteiger partial charge in [0.25, 0.3) is 5.91 Å². The lowest BCUT2D eigenvalue weighted by molar-refractivity contribution is -0.125. The summed E-state index contributed by atoms with van der Waals surface area (Å²) < 4.78 is 44.5. The molecule has 9 nitrogen and oxygen atoms in total. The van der Waals surface area contributed by atoms with Crippen LogP contribution in [0.4, 0.5) is 8.78 Å². The number of alkyl halides is 2. The van der Waals surface area contributed by atoms with Gasteiger partial charge in [-0.1, -0.05) is 11.2 Å². The Balaban J connectivity index is 1.89. The molecule has 0 atom stereocenters. The first-order chi connectivity index (χ1) is 14.9. The molecule has 0 radical (unpaired) electrons. The number of nitrogens with one attached hydrogen (secondary N) is 1. The minimum atomic E-state index is -2.99. The summed E-state index contributed by atoms with van der Waals surface area (Å²) >= 11 is 0. The van der Waals surface area contributed by atoms with Crippen molar-refractivity contribution in [3.05, 3.63) is 47.5 Å². The average molecular weight is 439 g/mol. The maximum atomic E-state index is 12.4. The maximum Gasteiger partial charge on any atom is 0.387 e. The summed E-state index contributed by atoms with van der Waals surface area (Å²) in [5.41, 5.74) is 6.94. The molecule has 1 amide bonds. The highest BCUT2D eigenvalue weighted by atomic mass is 19.3. The Bertz CT molecular complexity index is 924. The summed E-state index contributed by atoms with van der Waals surface area (Å²) in [6.45, 7) is -3.13. The van der Waals surface area contributed by atoms with Crippen LogP contribution in [0.1, 0.15) is 11.1 Å². The van der Waals surface area contributed by atoms with Crippen molar-refractivity contribution in [2.75, 3.05) is 27.9 Å². The Morgan fingerprint density at radius 1 is 1.00 bits per heavy atom. The predicted octanol–water partition coefficient (Wildman–Crippen LogP) is 2.27. The molecular formula is C20H23F2N3O6. The molecule has 3 N–H and O–H groups in total. The van der Waals surface area contributed by atoms with Crippen molar-refractivity contribution in [2.24, 2.45) is 10.9 Å². The molecule has 0 aliphatic carbocycles. The highest BCUT2D eigenvalue weighted by Crippen LogP contribution is 2.29. The van der Waals surface area contributed by atoms with Crippen molar-refractivity contribution in [1.82, 2.24) is 5.32 Å². The maximum absolute atomic E-state index is 12.4. The third kappa shape index (κ3) is 6.91. The largest absolute Gasteiger partial charge is 0.493 e. The number of benzene rings is 2. The van der Waals surface area contributed by atoms with Crippen LogP contribution in [-0.2, 0) is 16.2 Å². The van der Waals surface area contributed by atoms with Crippen LogP contribution in [0.15, 0.2) is 41.6 Å². The van der Waals surface area contributed by atoms with Crippen LogP contribution < -0.4 is 30.0 Å². The number of carbonyl (C=O) groups is 1. The van der Waals surface area contributed by atoms with Gasteiger partial charge in [-0.2, -0.15) is 8.78 Å². The van der Waals surface area contributed by atoms with E-state index in [4.69, 9.17) is 24.8 Å². The zero-order chi connectivity index (χ0) is 22.8. The van der Waals surface area contributed by atoms with E-state index in [1.807, 2.05) is 0 Å². The van der Waals surface area contributed by atoms with Crippen molar-refractivity contribution in [2.45, 2.75) is 13.2 Å². The van der Waals surface area contributed by atoms with E-state index in [0.29, 0.717) is 17.1 Å². The average Bonchev–Trinajstić information content (AvgIpc) is 2.77. The molecule has 0 unspecified atom stereocenters. The van der Waals surface area contributed by atoms with Gasteiger partial charge in [0.1, 0.15) is 0 Å². The zero-order valence-corrected chi connectivity index (χ0v) is 17.2. The molecule has 0 aliphatic rings. The molecule has 0 saturated heterocycles. The van der Waals surface area contributed by atoms with Gasteiger partial charge in [-0.25, -0.2) is 0 Å². The highest BCUT2D eigenvalue weighted by molar-refractivity contribution is 5.97. The molecular weight excluding hydrogens is 416 g/mol. The summed E-state index contributed by atoms with van der Waals surface area (Å²) in [6.07, 6.45) is 0. The van der Waals surface area contributed by atoms with Gasteiger partial charge in [0, 0.05) is 12.1 Å². The molecule has 0 bridgehead atoms. The van der Waals surface area contributed by atoms with Gasteiger partial charge in [0.15, 0.2) is 35.4 Å². The number of ether oxygens (including phenoxy) is 4. The fourth-order valence-corrected chi connectivity index (χ4v) is 2.48. The van der Waals surface area contributed by atoms with Gasteiger partial charge in [0.2, 0.25) is 0 Å². The second kappa shape index (κ2) is 11.4. The molecule has 2 rings (SSSR count). The number of amidine groups is 1. The molecule has 31 heavy (non-hydrogen) atoms. The topological polar surface area (TPSA) is 114 Å². The molecule has 11 heteroatoms. The molecule has 0 heterocycles. The van der Waals surface area contributed by atoms with Gasteiger partial charge < -0.3 is 34.8 Å². The summed E-state index contributed by atoms with van der Waals surface area (Å²) in [6, 6.07) is 9.28. The number of halogens is 2. The molecule has 0 aliphatic heterocycles. The number of hydrogen-bond donors (Lipinski definition) is 2. The van der Waals surface area contributed by atoms with E-state index in [1.165, 1.54) is 39.5 Å². The second-order valence-electron chi connectivity index (χ2n) is 5.96. The van der Waals surface area contributed by atoms with Crippen molar-refractivity contribution < 1.29 is 37.4 Å². The minimum Gasteiger partial charge on any atom is -0.493 e. The Morgan fingerprint density at radius 2 is 1.65 bits per heavy atom. The Morgan fingerprint density at radius 3 is 2.29 bits per heavy atom. The number of rotatable bonds is 11. The SMILES string of the molecule is COc1ccc(CNC(=O)CO/N=C(/N)c2ccc(OC(F)F)c(OC)c2)cc1OC. The lowest BCUT2D eigenvalue weighted by Crippen LogP contribution is -2.27. The normalized spacial score (nSPS) is 11.1. The Hall–Kier alpha value is -3.76. The zero-order valence-electron chi connectivity index (χ0n) is 17.2. The van der Waals surface area contributed by atoms with Gasteiger partial charge in [-0.05, 0) is 35.9 Å². The Kier molecular flexibility index (Phi) is 8.67. The van der Waals surface area contributed by atoms with Crippen molar-refractivity contribution in [1.29, 1.82) is 0 Å². The molecule has 0 aromatic heterocycles. The summed E-state index contributed by atoms with van der Waals surface area (Å²) in [7, 11) is 4.35. The fourth-order valence-electron chi connectivity index (χ4n) is 2.48. The van der Waals surface area contributed by atoms with Crippen LogP contribution in [0.25, 0.3) is 0 Å². The number of carbonyl (C=O) groups excluding carboxylic acids is 1. The number of oxime groups is 1. The van der Waals surface area contributed by atoms with E-state index >= 15 is 0 Å². The molecule has 0 spiro atoms. The van der Waals surface area contributed by atoms with E-state index in [0.717, 1.165) is 5.56 Å². The fraction of sp³-hybridized carbons (Fsp3) is 0.300. The molecule has 2 aromatic carbocycles. The molecule has 0 fully saturated rings. The number of nitrogens with zero attached hydrogens (tertiary/aromatic N) is 1. The molecule has 168 valence electrons. The van der Waals surface area contributed by atoms with Crippen LogP contribution in [0.5, 0.6) is 23.0 Å². The standard InChI is InChI=1S/C20H23F2N3O6/c1-27-14-6-4-12(8-16(14)28-2)10-24-18(26)11-30-25-19(23)13-5-7-15(31-20(21)22)17(9-13)29-3/h4-9,20H,10-11H2,1-3H3,(H2,23,25)(H,24,26). The van der Waals surface area contributed by atoms with E-state index in [-0.39, 0.29) is 30.5 Å². The molecule has 0 saturated carbocycles. The van der Waals surface area contributed by atoms with E-state index in [2.05, 4.69) is 15.2 Å². The summed E-state index contributed by atoms with van der Waals surface area (Å²) in [4.78, 5) is 16.9. The van der Waals surface area contributed by atoms with Gasteiger partial charge in [-0.3, -0.25) is 4.79 Å².